The van der Waals surface area contributed by atoms with Crippen LogP contribution >= 0.6 is 22.9 Å². The van der Waals surface area contributed by atoms with Gasteiger partial charge in [0.05, 0.1) is 15.6 Å². The summed E-state index contributed by atoms with van der Waals surface area (Å²) in [6, 6.07) is 5.88. The third kappa shape index (κ3) is 5.32. The van der Waals surface area contributed by atoms with E-state index in [0.29, 0.717) is 11.4 Å². The minimum Gasteiger partial charge on any atom is -0.321 e. The third-order valence-corrected chi connectivity index (χ3v) is 6.74. The summed E-state index contributed by atoms with van der Waals surface area (Å²) in [4.78, 5) is 14.8. The van der Waals surface area contributed by atoms with E-state index in [1.54, 1.807) is 17.4 Å². The van der Waals surface area contributed by atoms with Gasteiger partial charge in [0.2, 0.25) is 11.2 Å². The molecule has 1 aliphatic heterocycles. The van der Waals surface area contributed by atoms with Crippen LogP contribution in [0.25, 0.3) is 0 Å². The zero-order chi connectivity index (χ0) is 21.7. The molecule has 29 heavy (non-hydrogen) atoms. The summed E-state index contributed by atoms with van der Waals surface area (Å²) >= 11 is 5.60. The average molecular weight is 456 g/mol. The second-order valence-electron chi connectivity index (χ2n) is 5.89. The molecule has 0 saturated heterocycles. The van der Waals surface area contributed by atoms with Crippen molar-refractivity contribution in [2.24, 2.45) is 4.40 Å². The van der Waals surface area contributed by atoms with Gasteiger partial charge < -0.3 is 5.32 Å². The second kappa shape index (κ2) is 10.1. The van der Waals surface area contributed by atoms with Gasteiger partial charge in [-0.25, -0.2) is 8.60 Å². The molecule has 1 aromatic carbocycles. The molecule has 0 saturated carbocycles. The first kappa shape index (κ1) is 23.3. The van der Waals surface area contributed by atoms with Crippen LogP contribution in [0.15, 0.2) is 40.4 Å². The van der Waals surface area contributed by atoms with Crippen LogP contribution in [-0.4, -0.2) is 27.2 Å². The first-order valence-corrected chi connectivity index (χ1v) is 11.4. The molecule has 1 aromatic heterocycles. The number of amides is 1. The number of aryl methyl sites for hydroxylation is 2. The van der Waals surface area contributed by atoms with E-state index in [0.717, 1.165) is 16.9 Å². The van der Waals surface area contributed by atoms with Gasteiger partial charge >= 0.3 is 0 Å². The fraction of sp³-hybridized carbons (Fsp3) is 0.300. The highest BCUT2D eigenvalue weighted by molar-refractivity contribution is 7.81. The molecule has 156 valence electrons. The first-order valence-electron chi connectivity index (χ1n) is 9.12. The Bertz CT molecular complexity index is 1000. The van der Waals surface area contributed by atoms with Gasteiger partial charge in [-0.3, -0.25) is 9.10 Å². The number of likely N-dealkylation sites (N-methyl/N-ethyl adjacent to an activating group) is 1. The maximum absolute atomic E-state index is 13.3. The third-order valence-electron chi connectivity index (χ3n) is 4.03. The summed E-state index contributed by atoms with van der Waals surface area (Å²) in [6.07, 6.45) is 2.50. The Kier molecular flexibility index (Phi) is 8.13. The first-order chi connectivity index (χ1) is 13.8. The maximum atomic E-state index is 13.3. The van der Waals surface area contributed by atoms with E-state index in [1.807, 2.05) is 26.8 Å². The highest BCUT2D eigenvalue weighted by Gasteiger charge is 2.26. The van der Waals surface area contributed by atoms with Crippen molar-refractivity contribution >= 4 is 51.4 Å². The molecule has 1 N–H and O–H groups in total. The Morgan fingerprint density at radius 3 is 2.62 bits per heavy atom. The number of hydrogen-bond acceptors (Lipinski definition) is 3. The lowest BCUT2D eigenvalue weighted by atomic mass is 10.2. The fourth-order valence-corrected chi connectivity index (χ4v) is 4.63. The number of carbonyl (C=O) groups is 1. The van der Waals surface area contributed by atoms with Crippen molar-refractivity contribution in [1.82, 2.24) is 4.31 Å². The van der Waals surface area contributed by atoms with Gasteiger partial charge in [-0.2, -0.15) is 4.40 Å². The molecule has 2 heterocycles. The number of carbonyl (C=O) groups excluding carboxylic acids is 1. The van der Waals surface area contributed by atoms with Crippen LogP contribution in [0.5, 0.6) is 0 Å². The van der Waals surface area contributed by atoms with Gasteiger partial charge in [-0.1, -0.05) is 32.4 Å². The highest BCUT2D eigenvalue weighted by atomic mass is 35.5. The summed E-state index contributed by atoms with van der Waals surface area (Å²) in [7, 11) is 1.52. The fourth-order valence-electron chi connectivity index (χ4n) is 2.57. The van der Waals surface area contributed by atoms with Crippen molar-refractivity contribution in [3.63, 3.8) is 0 Å². The molecule has 0 spiro atoms. The molecular weight excluding hydrogens is 433 g/mol. The van der Waals surface area contributed by atoms with Crippen LogP contribution in [0.2, 0.25) is 5.02 Å². The normalized spacial score (nSPS) is 15.8. The Morgan fingerprint density at radius 2 is 2.03 bits per heavy atom. The van der Waals surface area contributed by atoms with Crippen LogP contribution in [0.4, 0.5) is 10.1 Å². The number of rotatable bonds is 4. The number of halogens is 2. The Morgan fingerprint density at radius 1 is 1.34 bits per heavy atom. The van der Waals surface area contributed by atoms with E-state index < -0.39 is 22.9 Å². The van der Waals surface area contributed by atoms with Gasteiger partial charge in [0, 0.05) is 17.6 Å². The van der Waals surface area contributed by atoms with Crippen LogP contribution in [0, 0.1) is 12.7 Å². The minimum absolute atomic E-state index is 0.0919. The van der Waals surface area contributed by atoms with Crippen molar-refractivity contribution in [3.05, 3.63) is 62.2 Å². The zero-order valence-corrected chi connectivity index (χ0v) is 19.3. The summed E-state index contributed by atoms with van der Waals surface area (Å²) in [5.74, 6) is -1.05. The quantitative estimate of drug-likeness (QED) is 0.682. The molecule has 0 aliphatic carbocycles. The molecule has 0 radical (unpaired) electrons. The Balaban J connectivity index is 0.00000145. The number of benzene rings is 1. The van der Waals surface area contributed by atoms with E-state index in [4.69, 9.17) is 11.6 Å². The van der Waals surface area contributed by atoms with Gasteiger partial charge in [-0.15, -0.1) is 11.3 Å². The van der Waals surface area contributed by atoms with E-state index >= 15 is 0 Å². The maximum Gasteiger partial charge on any atom is 0.272 e. The summed E-state index contributed by atoms with van der Waals surface area (Å²) in [5, 5.41) is 2.55. The molecular formula is C20H23ClFN3O2S2. The molecule has 0 bridgehead atoms. The van der Waals surface area contributed by atoms with Crippen molar-refractivity contribution in [3.8, 4) is 0 Å². The number of anilines is 1. The SMILES string of the molecule is CC.CCc1sc(C2=NS(=O)N(C)C(C(=O)Nc3ccc(F)c(Cl)c3)=C2)cc1C. The molecule has 1 amide bonds. The van der Waals surface area contributed by atoms with Gasteiger partial charge in [0.15, 0.2) is 0 Å². The zero-order valence-electron chi connectivity index (χ0n) is 16.9. The molecule has 2 aromatic rings. The van der Waals surface area contributed by atoms with Crippen LogP contribution < -0.4 is 5.32 Å². The van der Waals surface area contributed by atoms with Crippen molar-refractivity contribution in [2.45, 2.75) is 34.1 Å². The standard InChI is InChI=1S/C18H17ClFN3O2S2.C2H6/c1-4-16-10(2)7-17(26-16)14-9-15(23(3)27(25)22-14)18(24)21-11-5-6-13(20)12(19)8-11;1-2/h5-9H,4H2,1-3H3,(H,21,24);1-2H3. The number of hydrogen-bond donors (Lipinski definition) is 1. The largest absolute Gasteiger partial charge is 0.321 e. The van der Waals surface area contributed by atoms with Gasteiger partial charge in [0.1, 0.15) is 11.5 Å². The van der Waals surface area contributed by atoms with E-state index in [2.05, 4.69) is 16.6 Å². The second-order valence-corrected chi connectivity index (χ2v) is 8.62. The van der Waals surface area contributed by atoms with E-state index in [9.17, 15) is 13.4 Å². The number of allylic oxidation sites excluding steroid dienone is 1. The average Bonchev–Trinajstić information content (AvgIpc) is 3.09. The van der Waals surface area contributed by atoms with Crippen LogP contribution in [0.1, 0.15) is 36.1 Å². The van der Waals surface area contributed by atoms with Crippen molar-refractivity contribution in [2.75, 3.05) is 12.4 Å². The smallest absolute Gasteiger partial charge is 0.272 e. The Labute approximate surface area is 182 Å². The highest BCUT2D eigenvalue weighted by Crippen LogP contribution is 2.27. The topological polar surface area (TPSA) is 61.8 Å². The number of thiophene rings is 1. The monoisotopic (exact) mass is 455 g/mol. The lowest BCUT2D eigenvalue weighted by molar-refractivity contribution is -0.113. The molecule has 9 heteroatoms. The lowest BCUT2D eigenvalue weighted by Gasteiger charge is -2.22. The summed E-state index contributed by atoms with van der Waals surface area (Å²) in [6.45, 7) is 8.08. The Hall–Kier alpha value is -2.03. The molecule has 1 aliphatic rings. The lowest BCUT2D eigenvalue weighted by Crippen LogP contribution is -2.32. The minimum atomic E-state index is -1.72. The van der Waals surface area contributed by atoms with E-state index in [1.165, 1.54) is 34.4 Å². The predicted octanol–water partition coefficient (Wildman–Crippen LogP) is 5.27. The number of nitrogens with zero attached hydrogens (tertiary/aromatic N) is 2. The summed E-state index contributed by atoms with van der Waals surface area (Å²) in [5.41, 5.74) is 2.19. The van der Waals surface area contributed by atoms with Crippen LogP contribution in [0.3, 0.4) is 0 Å². The number of nitrogens with one attached hydrogen (secondary N) is 1. The van der Waals surface area contributed by atoms with Crippen molar-refractivity contribution < 1.29 is 13.4 Å². The summed E-state index contributed by atoms with van der Waals surface area (Å²) < 4.78 is 31.1. The van der Waals surface area contributed by atoms with Gasteiger partial charge in [0.25, 0.3) is 5.91 Å². The molecule has 1 unspecified atom stereocenters. The molecule has 3 rings (SSSR count). The van der Waals surface area contributed by atoms with Crippen molar-refractivity contribution in [1.29, 1.82) is 0 Å². The predicted molar refractivity (Wildman–Crippen MR) is 120 cm³/mol. The molecule has 5 nitrogen and oxygen atoms in total. The molecule has 0 fully saturated rings. The van der Waals surface area contributed by atoms with Gasteiger partial charge in [-0.05, 0) is 49.2 Å². The molecule has 1 atom stereocenters. The van der Waals surface area contributed by atoms with E-state index in [-0.39, 0.29) is 10.7 Å². The van der Waals surface area contributed by atoms with Crippen LogP contribution in [-0.2, 0) is 22.4 Å².